The Hall–Kier alpha value is -5.37. The van der Waals surface area contributed by atoms with Crippen LogP contribution in [0.2, 0.25) is 5.02 Å². The maximum Gasteiger partial charge on any atom is 0.0456 e. The van der Waals surface area contributed by atoms with Crippen molar-refractivity contribution in [3.05, 3.63) is 237 Å². The SMILES string of the molecule is CC1=C(/C=C/C=C2/N(C)c3ccc(Cl)cc3C2(Cc2ccccc2)Cc2ccccc2)C(Cc2ccccc2)(Cc2ccccc2)c2ccccc21. The molecule has 6 aromatic carbocycles. The molecule has 0 saturated carbocycles. The Kier molecular flexibility index (Phi) is 9.30. The van der Waals surface area contributed by atoms with Gasteiger partial charge in [-0.15, -0.1) is 0 Å². The van der Waals surface area contributed by atoms with Gasteiger partial charge in [0, 0.05) is 34.3 Å². The molecule has 1 heterocycles. The molecule has 1 aliphatic carbocycles. The van der Waals surface area contributed by atoms with Crippen molar-refractivity contribution in [1.82, 2.24) is 0 Å². The van der Waals surface area contributed by atoms with E-state index >= 15 is 0 Å². The zero-order valence-corrected chi connectivity index (χ0v) is 30.7. The fourth-order valence-corrected chi connectivity index (χ4v) is 9.27. The van der Waals surface area contributed by atoms with Crippen LogP contribution < -0.4 is 4.90 Å². The van der Waals surface area contributed by atoms with E-state index in [0.29, 0.717) is 0 Å². The number of hydrogen-bond donors (Lipinski definition) is 0. The second-order valence-corrected chi connectivity index (χ2v) is 15.0. The largest absolute Gasteiger partial charge is 0.347 e. The van der Waals surface area contributed by atoms with Gasteiger partial charge >= 0.3 is 0 Å². The molecule has 0 N–H and O–H groups in total. The summed E-state index contributed by atoms with van der Waals surface area (Å²) in [6.45, 7) is 2.32. The lowest BCUT2D eigenvalue weighted by Gasteiger charge is -2.34. The molecule has 1 nitrogen and oxygen atoms in total. The highest BCUT2D eigenvalue weighted by atomic mass is 35.5. The van der Waals surface area contributed by atoms with E-state index in [4.69, 9.17) is 11.6 Å². The maximum absolute atomic E-state index is 6.81. The van der Waals surface area contributed by atoms with E-state index in [1.54, 1.807) is 0 Å². The first kappa shape index (κ1) is 33.8. The minimum absolute atomic E-state index is 0.221. The van der Waals surface area contributed by atoms with Gasteiger partial charge in [-0.05, 0) is 107 Å². The second-order valence-electron chi connectivity index (χ2n) is 14.5. The molecule has 0 atom stereocenters. The van der Waals surface area contributed by atoms with Gasteiger partial charge in [0.15, 0.2) is 0 Å². The lowest BCUT2D eigenvalue weighted by molar-refractivity contribution is 0.507. The number of benzene rings is 6. The number of rotatable bonds is 10. The van der Waals surface area contributed by atoms with Crippen LogP contribution in [0.25, 0.3) is 5.57 Å². The summed E-state index contributed by atoms with van der Waals surface area (Å²) in [5.41, 5.74) is 14.0. The molecule has 0 aromatic heterocycles. The number of hydrogen-bond acceptors (Lipinski definition) is 1. The first-order chi connectivity index (χ1) is 25.5. The van der Waals surface area contributed by atoms with Crippen molar-refractivity contribution >= 4 is 22.9 Å². The Labute approximate surface area is 314 Å². The van der Waals surface area contributed by atoms with Crippen molar-refractivity contribution < 1.29 is 0 Å². The zero-order chi connectivity index (χ0) is 35.5. The summed E-state index contributed by atoms with van der Waals surface area (Å²) < 4.78 is 0. The van der Waals surface area contributed by atoms with Gasteiger partial charge in [0.05, 0.1) is 0 Å². The maximum atomic E-state index is 6.81. The Bertz CT molecular complexity index is 2180. The zero-order valence-electron chi connectivity index (χ0n) is 30.0. The summed E-state index contributed by atoms with van der Waals surface area (Å²) in [4.78, 5) is 2.40. The topological polar surface area (TPSA) is 3.24 Å². The fraction of sp³-hybridized carbons (Fsp3) is 0.160. The first-order valence-electron chi connectivity index (χ1n) is 18.4. The molecule has 52 heavy (non-hydrogen) atoms. The van der Waals surface area contributed by atoms with E-state index in [9.17, 15) is 0 Å². The monoisotopic (exact) mass is 693 g/mol. The molecule has 0 fully saturated rings. The normalized spacial score (nSPS) is 16.4. The summed E-state index contributed by atoms with van der Waals surface area (Å²) in [5, 5.41) is 0.769. The molecular formula is C50H44ClN. The third kappa shape index (κ3) is 6.25. The Morgan fingerprint density at radius 1 is 0.538 bits per heavy atom. The van der Waals surface area contributed by atoms with Crippen LogP contribution in [-0.2, 0) is 36.5 Å². The summed E-state index contributed by atoms with van der Waals surface area (Å²) in [7, 11) is 2.22. The number of allylic oxidation sites excluding steroid dienone is 6. The van der Waals surface area contributed by atoms with Crippen molar-refractivity contribution in [1.29, 1.82) is 0 Å². The van der Waals surface area contributed by atoms with Crippen LogP contribution in [0.3, 0.4) is 0 Å². The Morgan fingerprint density at radius 2 is 1.00 bits per heavy atom. The summed E-state index contributed by atoms with van der Waals surface area (Å²) in [6, 6.07) is 59.4. The van der Waals surface area contributed by atoms with Crippen LogP contribution in [0, 0.1) is 0 Å². The minimum atomic E-state index is -0.324. The van der Waals surface area contributed by atoms with Gasteiger partial charge in [-0.25, -0.2) is 0 Å². The molecule has 8 rings (SSSR count). The van der Waals surface area contributed by atoms with Crippen molar-refractivity contribution in [2.45, 2.75) is 43.4 Å². The van der Waals surface area contributed by atoms with Gasteiger partial charge in [-0.1, -0.05) is 169 Å². The standard InChI is InChI=1S/C50H44ClN/c1-37-43-26-15-16-27-45(43)49(33-38-18-7-3-8-19-38,34-39-20-9-4-10-21-39)44(37)28-17-29-48-50(35-40-22-11-5-12-23-40,36-41-24-13-6-14-25-41)46-32-42(51)30-31-47(46)52(48)2/h3-32H,33-36H2,1-2H3/b28-17+,48-29+. The Balaban J connectivity index is 1.29. The van der Waals surface area contributed by atoms with Gasteiger partial charge in [-0.3, -0.25) is 0 Å². The third-order valence-electron chi connectivity index (χ3n) is 11.4. The second kappa shape index (κ2) is 14.3. The number of likely N-dealkylation sites (N-methyl/N-ethyl adjacent to an activating group) is 1. The first-order valence-corrected chi connectivity index (χ1v) is 18.7. The van der Waals surface area contributed by atoms with Gasteiger partial charge in [0.25, 0.3) is 0 Å². The van der Waals surface area contributed by atoms with Crippen LogP contribution in [0.4, 0.5) is 5.69 Å². The quantitative estimate of drug-likeness (QED) is 0.138. The predicted octanol–water partition coefficient (Wildman–Crippen LogP) is 12.2. The van der Waals surface area contributed by atoms with Gasteiger partial charge in [0.2, 0.25) is 0 Å². The molecule has 0 saturated heterocycles. The van der Waals surface area contributed by atoms with Gasteiger partial charge in [-0.2, -0.15) is 0 Å². The summed E-state index contributed by atoms with van der Waals surface area (Å²) >= 11 is 6.81. The molecule has 2 heteroatoms. The smallest absolute Gasteiger partial charge is 0.0456 e. The van der Waals surface area contributed by atoms with E-state index in [-0.39, 0.29) is 10.8 Å². The molecule has 256 valence electrons. The molecule has 0 bridgehead atoms. The molecular weight excluding hydrogens is 650 g/mol. The molecule has 0 unspecified atom stereocenters. The van der Waals surface area contributed by atoms with Crippen molar-refractivity contribution in [3.8, 4) is 0 Å². The predicted molar refractivity (Wildman–Crippen MR) is 220 cm³/mol. The Morgan fingerprint density at radius 3 is 1.52 bits per heavy atom. The molecule has 6 aromatic rings. The molecule has 0 amide bonds. The number of nitrogens with zero attached hydrogens (tertiary/aromatic N) is 1. The van der Waals surface area contributed by atoms with Crippen LogP contribution in [0.1, 0.15) is 45.9 Å². The highest BCUT2D eigenvalue weighted by Crippen LogP contribution is 2.53. The molecule has 2 aliphatic rings. The van der Waals surface area contributed by atoms with Gasteiger partial charge < -0.3 is 4.90 Å². The van der Waals surface area contributed by atoms with Crippen LogP contribution in [0.5, 0.6) is 0 Å². The minimum Gasteiger partial charge on any atom is -0.347 e. The average molecular weight is 694 g/mol. The molecule has 0 radical (unpaired) electrons. The highest BCUT2D eigenvalue weighted by Gasteiger charge is 2.46. The fourth-order valence-electron chi connectivity index (χ4n) is 9.10. The third-order valence-corrected chi connectivity index (χ3v) is 11.6. The van der Waals surface area contributed by atoms with Crippen LogP contribution >= 0.6 is 11.6 Å². The van der Waals surface area contributed by atoms with E-state index in [0.717, 1.165) is 30.7 Å². The lowest BCUT2D eigenvalue weighted by atomic mass is 9.68. The summed E-state index contributed by atoms with van der Waals surface area (Å²) in [5.74, 6) is 0. The van der Waals surface area contributed by atoms with E-state index in [1.807, 2.05) is 6.07 Å². The van der Waals surface area contributed by atoms with E-state index < -0.39 is 0 Å². The molecule has 1 aliphatic heterocycles. The van der Waals surface area contributed by atoms with Crippen molar-refractivity contribution in [2.24, 2.45) is 0 Å². The number of anilines is 1. The van der Waals surface area contributed by atoms with E-state index in [1.165, 1.54) is 61.5 Å². The van der Waals surface area contributed by atoms with Crippen LogP contribution in [-0.4, -0.2) is 7.05 Å². The van der Waals surface area contributed by atoms with E-state index in [2.05, 4.69) is 195 Å². The van der Waals surface area contributed by atoms with Crippen molar-refractivity contribution in [2.75, 3.05) is 11.9 Å². The van der Waals surface area contributed by atoms with Gasteiger partial charge in [0.1, 0.15) is 0 Å². The van der Waals surface area contributed by atoms with Crippen LogP contribution in [0.15, 0.2) is 193 Å². The van der Waals surface area contributed by atoms with Crippen molar-refractivity contribution in [3.63, 3.8) is 0 Å². The average Bonchev–Trinajstić information content (AvgIpc) is 3.53. The number of fused-ring (bicyclic) bond motifs is 2. The lowest BCUT2D eigenvalue weighted by Crippen LogP contribution is -2.34. The number of halogens is 1. The summed E-state index contributed by atoms with van der Waals surface area (Å²) in [6.07, 6.45) is 10.7. The highest BCUT2D eigenvalue weighted by molar-refractivity contribution is 6.30. The molecule has 0 spiro atoms.